The molecule has 9 heteroatoms. The molecule has 4 rings (SSSR count). The van der Waals surface area contributed by atoms with Crippen molar-refractivity contribution in [1.29, 1.82) is 0 Å². The Labute approximate surface area is 233 Å². The Morgan fingerprint density at radius 3 is 2.08 bits per heavy atom. The maximum absolute atomic E-state index is 13.1. The van der Waals surface area contributed by atoms with Crippen LogP contribution < -0.4 is 10.6 Å². The van der Waals surface area contributed by atoms with Crippen LogP contribution in [-0.4, -0.2) is 87.2 Å². The fourth-order valence-electron chi connectivity index (χ4n) is 7.29. The minimum atomic E-state index is -0.452. The number of dihydropyridines is 1. The minimum absolute atomic E-state index is 0.0172. The Balaban J connectivity index is 1.25. The third kappa shape index (κ3) is 7.04. The van der Waals surface area contributed by atoms with Crippen LogP contribution in [0.5, 0.6) is 0 Å². The fourth-order valence-corrected chi connectivity index (χ4v) is 7.29. The predicted octanol–water partition coefficient (Wildman–Crippen LogP) is 2.97. The van der Waals surface area contributed by atoms with Crippen LogP contribution in [-0.2, 0) is 23.9 Å². The second-order valence-corrected chi connectivity index (χ2v) is 11.7. The van der Waals surface area contributed by atoms with Crippen molar-refractivity contribution in [1.82, 2.24) is 20.4 Å². The molecule has 218 valence electrons. The van der Waals surface area contributed by atoms with Gasteiger partial charge in [0.1, 0.15) is 0 Å². The van der Waals surface area contributed by atoms with Crippen LogP contribution in [0.2, 0.25) is 0 Å². The monoisotopic (exact) mass is 544 g/mol. The number of nitrogens with one attached hydrogen (secondary N) is 2. The third-order valence-corrected chi connectivity index (χ3v) is 9.38. The summed E-state index contributed by atoms with van der Waals surface area (Å²) in [5, 5.41) is 6.31. The number of methoxy groups -OCH3 is 2. The van der Waals surface area contributed by atoms with Gasteiger partial charge in [0.2, 0.25) is 5.91 Å². The molecule has 3 fully saturated rings. The summed E-state index contributed by atoms with van der Waals surface area (Å²) in [7, 11) is 2.70. The van der Waals surface area contributed by atoms with Gasteiger partial charge in [-0.25, -0.2) is 9.59 Å². The topological polar surface area (TPSA) is 100 Å². The summed E-state index contributed by atoms with van der Waals surface area (Å²) in [6.07, 6.45) is 9.98. The highest BCUT2D eigenvalue weighted by Crippen LogP contribution is 2.45. The van der Waals surface area contributed by atoms with Crippen LogP contribution in [0, 0.1) is 17.8 Å². The summed E-state index contributed by atoms with van der Waals surface area (Å²) >= 11 is 0. The average molecular weight is 545 g/mol. The number of carbonyl (C=O) groups is 3. The quantitative estimate of drug-likeness (QED) is 0.338. The van der Waals surface area contributed by atoms with E-state index < -0.39 is 17.9 Å². The summed E-state index contributed by atoms with van der Waals surface area (Å²) in [5.74, 6) is -1.41. The Hall–Kier alpha value is -2.39. The second-order valence-electron chi connectivity index (χ2n) is 11.7. The van der Waals surface area contributed by atoms with Crippen molar-refractivity contribution < 1.29 is 23.9 Å². The highest BCUT2D eigenvalue weighted by atomic mass is 16.5. The number of esters is 2. The minimum Gasteiger partial charge on any atom is -0.466 e. The van der Waals surface area contributed by atoms with Crippen LogP contribution in [0.4, 0.5) is 0 Å². The zero-order chi connectivity index (χ0) is 27.9. The molecule has 2 aliphatic carbocycles. The second kappa shape index (κ2) is 13.8. The van der Waals surface area contributed by atoms with E-state index in [0.717, 1.165) is 44.9 Å². The van der Waals surface area contributed by atoms with Gasteiger partial charge >= 0.3 is 11.9 Å². The van der Waals surface area contributed by atoms with Gasteiger partial charge in [0, 0.05) is 62.0 Å². The molecule has 0 bridgehead atoms. The van der Waals surface area contributed by atoms with Gasteiger partial charge in [-0.3, -0.25) is 9.69 Å². The van der Waals surface area contributed by atoms with Crippen molar-refractivity contribution >= 4 is 17.8 Å². The van der Waals surface area contributed by atoms with E-state index in [0.29, 0.717) is 35.5 Å². The molecule has 0 aromatic carbocycles. The molecule has 2 saturated carbocycles. The highest BCUT2D eigenvalue weighted by molar-refractivity contribution is 5.98. The SMILES string of the molecule is COC(=O)C1=C(C)NC(C)=C(C(=O)OC)C1[C@H]1CC[C@@H](C(=O)NCCCN2CCN(C3CCCCC3)CC2)C1. The van der Waals surface area contributed by atoms with Gasteiger partial charge in [-0.15, -0.1) is 0 Å². The molecule has 1 saturated heterocycles. The van der Waals surface area contributed by atoms with Crippen LogP contribution in [0.3, 0.4) is 0 Å². The molecule has 4 aliphatic rings. The number of rotatable bonds is 9. The smallest absolute Gasteiger partial charge is 0.336 e. The lowest BCUT2D eigenvalue weighted by Crippen LogP contribution is -2.51. The van der Waals surface area contributed by atoms with E-state index in [-0.39, 0.29) is 17.7 Å². The van der Waals surface area contributed by atoms with E-state index in [2.05, 4.69) is 20.4 Å². The molecule has 9 nitrogen and oxygen atoms in total. The maximum atomic E-state index is 13.1. The van der Waals surface area contributed by atoms with Crippen molar-refractivity contribution in [2.75, 3.05) is 53.5 Å². The van der Waals surface area contributed by atoms with Gasteiger partial charge in [-0.2, -0.15) is 0 Å². The molecular weight excluding hydrogens is 496 g/mol. The third-order valence-electron chi connectivity index (χ3n) is 9.38. The molecular formula is C30H48N4O5. The molecule has 39 heavy (non-hydrogen) atoms. The van der Waals surface area contributed by atoms with Gasteiger partial charge in [-0.1, -0.05) is 19.3 Å². The van der Waals surface area contributed by atoms with E-state index in [9.17, 15) is 14.4 Å². The number of hydrogen-bond donors (Lipinski definition) is 2. The molecule has 2 aliphatic heterocycles. The average Bonchev–Trinajstić information content (AvgIpc) is 3.45. The van der Waals surface area contributed by atoms with Crippen molar-refractivity contribution in [2.45, 2.75) is 77.7 Å². The molecule has 0 aromatic rings. The molecule has 2 heterocycles. The Morgan fingerprint density at radius 2 is 1.49 bits per heavy atom. The van der Waals surface area contributed by atoms with Gasteiger partial charge in [-0.05, 0) is 64.8 Å². The standard InChI is InChI=1S/C30H48N4O5/c1-20-25(29(36)38-3)27(26(21(2)32-20)30(37)39-4)22-11-12-23(19-22)28(35)31-13-8-14-33-15-17-34(18-16-33)24-9-6-5-7-10-24/h22-24,27,32H,5-19H2,1-4H3,(H,31,35)/t22-,23+/m0/s1. The van der Waals surface area contributed by atoms with E-state index in [1.54, 1.807) is 0 Å². The van der Waals surface area contributed by atoms with Crippen molar-refractivity contribution in [3.05, 3.63) is 22.5 Å². The van der Waals surface area contributed by atoms with Crippen LogP contribution in [0.15, 0.2) is 22.5 Å². The van der Waals surface area contributed by atoms with Gasteiger partial charge < -0.3 is 25.0 Å². The van der Waals surface area contributed by atoms with Crippen LogP contribution in [0.25, 0.3) is 0 Å². The molecule has 2 atom stereocenters. The summed E-state index contributed by atoms with van der Waals surface area (Å²) < 4.78 is 10.2. The van der Waals surface area contributed by atoms with E-state index in [1.807, 2.05) is 13.8 Å². The van der Waals surface area contributed by atoms with Crippen molar-refractivity contribution in [3.8, 4) is 0 Å². The normalized spacial score (nSPS) is 25.9. The summed E-state index contributed by atoms with van der Waals surface area (Å²) in [5.41, 5.74) is 2.28. The lowest BCUT2D eigenvalue weighted by molar-refractivity contribution is -0.138. The number of amides is 1. The lowest BCUT2D eigenvalue weighted by Gasteiger charge is -2.40. The summed E-state index contributed by atoms with van der Waals surface area (Å²) in [6.45, 7) is 9.92. The molecule has 0 radical (unpaired) electrons. The lowest BCUT2D eigenvalue weighted by atomic mass is 9.75. The van der Waals surface area contributed by atoms with Gasteiger partial charge in [0.15, 0.2) is 0 Å². The zero-order valence-electron chi connectivity index (χ0n) is 24.4. The Kier molecular flexibility index (Phi) is 10.5. The van der Waals surface area contributed by atoms with E-state index in [4.69, 9.17) is 9.47 Å². The summed E-state index contributed by atoms with van der Waals surface area (Å²) in [4.78, 5) is 43.8. The molecule has 1 amide bonds. The first-order valence-electron chi connectivity index (χ1n) is 14.9. The van der Waals surface area contributed by atoms with E-state index >= 15 is 0 Å². The summed E-state index contributed by atoms with van der Waals surface area (Å²) in [6, 6.07) is 0.798. The number of piperazine rings is 1. The Morgan fingerprint density at radius 1 is 0.872 bits per heavy atom. The number of ether oxygens (including phenoxy) is 2. The number of nitrogens with zero attached hydrogens (tertiary/aromatic N) is 2. The highest BCUT2D eigenvalue weighted by Gasteiger charge is 2.44. The molecule has 0 unspecified atom stereocenters. The number of allylic oxidation sites excluding steroid dienone is 2. The van der Waals surface area contributed by atoms with Gasteiger partial charge in [0.05, 0.1) is 25.4 Å². The maximum Gasteiger partial charge on any atom is 0.336 e. The largest absolute Gasteiger partial charge is 0.466 e. The van der Waals surface area contributed by atoms with Gasteiger partial charge in [0.25, 0.3) is 0 Å². The first-order valence-corrected chi connectivity index (χ1v) is 14.9. The molecule has 0 aromatic heterocycles. The molecule has 0 spiro atoms. The predicted molar refractivity (Wildman–Crippen MR) is 149 cm³/mol. The zero-order valence-corrected chi connectivity index (χ0v) is 24.4. The number of carbonyl (C=O) groups excluding carboxylic acids is 3. The fraction of sp³-hybridized carbons (Fsp3) is 0.767. The van der Waals surface area contributed by atoms with Crippen LogP contribution >= 0.6 is 0 Å². The Bertz CT molecular complexity index is 924. The first-order chi connectivity index (χ1) is 18.8. The molecule has 2 N–H and O–H groups in total. The van der Waals surface area contributed by atoms with E-state index in [1.165, 1.54) is 59.4 Å². The van der Waals surface area contributed by atoms with Crippen LogP contribution in [0.1, 0.15) is 71.6 Å². The first kappa shape index (κ1) is 29.6. The van der Waals surface area contributed by atoms with Crippen molar-refractivity contribution in [2.24, 2.45) is 17.8 Å². The number of hydrogen-bond acceptors (Lipinski definition) is 8. The van der Waals surface area contributed by atoms with Crippen molar-refractivity contribution in [3.63, 3.8) is 0 Å².